The van der Waals surface area contributed by atoms with Crippen molar-refractivity contribution in [2.24, 2.45) is 0 Å². The van der Waals surface area contributed by atoms with E-state index in [1.54, 1.807) is 36.4 Å². The Labute approximate surface area is 112 Å². The van der Waals surface area contributed by atoms with Gasteiger partial charge >= 0.3 is 0 Å². The van der Waals surface area contributed by atoms with Gasteiger partial charge in [0.2, 0.25) is 9.84 Å². The zero-order valence-corrected chi connectivity index (χ0v) is 11.0. The summed E-state index contributed by atoms with van der Waals surface area (Å²) >= 11 is 0. The average molecular weight is 278 g/mol. The molecule has 0 spiro atoms. The number of para-hydroxylation sites is 1. The lowest BCUT2D eigenvalue weighted by molar-refractivity contribution is 0.198. The van der Waals surface area contributed by atoms with Crippen LogP contribution in [0.2, 0.25) is 0 Å². The Morgan fingerprint density at radius 2 is 1.58 bits per heavy atom. The van der Waals surface area contributed by atoms with Crippen molar-refractivity contribution in [3.8, 4) is 5.75 Å². The first-order valence-corrected chi connectivity index (χ1v) is 7.27. The number of benzene rings is 2. The van der Waals surface area contributed by atoms with E-state index in [0.717, 1.165) is 0 Å². The van der Waals surface area contributed by atoms with E-state index in [9.17, 15) is 8.42 Å². The lowest BCUT2D eigenvalue weighted by Crippen LogP contribution is -2.08. The highest BCUT2D eigenvalue weighted by Crippen LogP contribution is 2.28. The maximum atomic E-state index is 12.5. The number of sulfone groups is 1. The minimum Gasteiger partial charge on any atom is -0.490 e. The van der Waals surface area contributed by atoms with Crippen LogP contribution in [0.4, 0.5) is 0 Å². The maximum Gasteiger partial charge on any atom is 0.210 e. The van der Waals surface area contributed by atoms with Crippen molar-refractivity contribution in [2.75, 3.05) is 13.2 Å². The smallest absolute Gasteiger partial charge is 0.210 e. The van der Waals surface area contributed by atoms with Crippen molar-refractivity contribution in [1.82, 2.24) is 0 Å². The highest BCUT2D eigenvalue weighted by Gasteiger charge is 2.21. The number of aliphatic hydroxyl groups excluding tert-OH is 1. The second kappa shape index (κ2) is 5.86. The molecular formula is C14H14O4S. The zero-order chi connectivity index (χ0) is 13.7. The molecule has 0 aliphatic carbocycles. The number of rotatable bonds is 5. The molecular weight excluding hydrogens is 264 g/mol. The summed E-state index contributed by atoms with van der Waals surface area (Å²) in [4.78, 5) is 0.324. The van der Waals surface area contributed by atoms with E-state index in [4.69, 9.17) is 9.84 Å². The van der Waals surface area contributed by atoms with Gasteiger partial charge in [0.1, 0.15) is 17.3 Å². The van der Waals surface area contributed by atoms with Crippen LogP contribution in [0.25, 0.3) is 0 Å². The molecule has 1 N–H and O–H groups in total. The van der Waals surface area contributed by atoms with E-state index in [1.165, 1.54) is 18.2 Å². The first-order chi connectivity index (χ1) is 9.16. The third-order valence-corrected chi connectivity index (χ3v) is 4.35. The first kappa shape index (κ1) is 13.6. The van der Waals surface area contributed by atoms with Gasteiger partial charge in [0, 0.05) is 0 Å². The summed E-state index contributed by atoms with van der Waals surface area (Å²) in [6.07, 6.45) is 0. The van der Waals surface area contributed by atoms with Gasteiger partial charge in [0.15, 0.2) is 0 Å². The third-order valence-electron chi connectivity index (χ3n) is 2.54. The molecule has 5 heteroatoms. The Morgan fingerprint density at radius 3 is 2.26 bits per heavy atom. The number of aliphatic hydroxyl groups is 1. The standard InChI is InChI=1S/C14H14O4S/c15-10-11-18-13-8-4-5-9-14(13)19(16,17)12-6-2-1-3-7-12/h1-9,15H,10-11H2. The monoisotopic (exact) mass is 278 g/mol. The lowest BCUT2D eigenvalue weighted by Gasteiger charge is -2.11. The van der Waals surface area contributed by atoms with Crippen molar-refractivity contribution in [2.45, 2.75) is 9.79 Å². The zero-order valence-electron chi connectivity index (χ0n) is 10.2. The normalized spacial score (nSPS) is 11.2. The van der Waals surface area contributed by atoms with E-state index in [0.29, 0.717) is 0 Å². The SMILES string of the molecule is O=S(=O)(c1ccccc1)c1ccccc1OCCO. The average Bonchev–Trinajstić information content (AvgIpc) is 2.46. The van der Waals surface area contributed by atoms with Crippen LogP contribution in [-0.2, 0) is 9.84 Å². The molecule has 0 atom stereocenters. The second-order valence-corrected chi connectivity index (χ2v) is 5.75. The quantitative estimate of drug-likeness (QED) is 0.907. The van der Waals surface area contributed by atoms with Gasteiger partial charge in [-0.2, -0.15) is 0 Å². The minimum absolute atomic E-state index is 0.0569. The molecule has 2 aromatic rings. The summed E-state index contributed by atoms with van der Waals surface area (Å²) in [5.74, 6) is 0.250. The molecule has 0 unspecified atom stereocenters. The summed E-state index contributed by atoms with van der Waals surface area (Å²) in [6, 6.07) is 14.6. The van der Waals surface area contributed by atoms with Gasteiger partial charge < -0.3 is 9.84 Å². The topological polar surface area (TPSA) is 63.6 Å². The molecule has 0 radical (unpaired) electrons. The molecule has 100 valence electrons. The van der Waals surface area contributed by atoms with Gasteiger partial charge in [0.25, 0.3) is 0 Å². The third kappa shape index (κ3) is 2.94. The van der Waals surface area contributed by atoms with Gasteiger partial charge in [-0.05, 0) is 24.3 Å². The molecule has 0 aliphatic heterocycles. The van der Waals surface area contributed by atoms with E-state index in [1.807, 2.05) is 0 Å². The van der Waals surface area contributed by atoms with Crippen molar-refractivity contribution >= 4 is 9.84 Å². The minimum atomic E-state index is -3.61. The highest BCUT2D eigenvalue weighted by molar-refractivity contribution is 7.91. The van der Waals surface area contributed by atoms with Crippen LogP contribution < -0.4 is 4.74 Å². The lowest BCUT2D eigenvalue weighted by atomic mass is 10.3. The Balaban J connectivity index is 2.47. The molecule has 0 bridgehead atoms. The van der Waals surface area contributed by atoms with Gasteiger partial charge in [-0.25, -0.2) is 8.42 Å². The molecule has 0 aliphatic rings. The predicted molar refractivity (Wildman–Crippen MR) is 70.9 cm³/mol. The fourth-order valence-electron chi connectivity index (χ4n) is 1.67. The van der Waals surface area contributed by atoms with Crippen LogP contribution in [-0.4, -0.2) is 26.7 Å². The molecule has 0 heterocycles. The van der Waals surface area contributed by atoms with Crippen LogP contribution in [0, 0.1) is 0 Å². The van der Waals surface area contributed by atoms with E-state index in [-0.39, 0.29) is 28.8 Å². The van der Waals surface area contributed by atoms with Gasteiger partial charge in [-0.3, -0.25) is 0 Å². The van der Waals surface area contributed by atoms with E-state index >= 15 is 0 Å². The molecule has 0 saturated heterocycles. The van der Waals surface area contributed by atoms with Crippen LogP contribution >= 0.6 is 0 Å². The highest BCUT2D eigenvalue weighted by atomic mass is 32.2. The Bertz CT molecular complexity index is 636. The van der Waals surface area contributed by atoms with Crippen LogP contribution in [0.1, 0.15) is 0 Å². The summed E-state index contributed by atoms with van der Waals surface area (Å²) < 4.78 is 30.2. The Hall–Kier alpha value is -1.85. The molecule has 0 aromatic heterocycles. The Morgan fingerprint density at radius 1 is 0.947 bits per heavy atom. The molecule has 0 saturated carbocycles. The fraction of sp³-hybridized carbons (Fsp3) is 0.143. The van der Waals surface area contributed by atoms with E-state index < -0.39 is 9.84 Å². The predicted octanol–water partition coefficient (Wildman–Crippen LogP) is 1.89. The van der Waals surface area contributed by atoms with Crippen LogP contribution in [0.3, 0.4) is 0 Å². The van der Waals surface area contributed by atoms with Crippen molar-refractivity contribution in [3.05, 3.63) is 54.6 Å². The maximum absolute atomic E-state index is 12.5. The summed E-state index contributed by atoms with van der Waals surface area (Å²) in [6.45, 7) is -0.110. The van der Waals surface area contributed by atoms with Crippen LogP contribution in [0.15, 0.2) is 64.4 Å². The molecule has 0 fully saturated rings. The second-order valence-electron chi connectivity index (χ2n) is 3.84. The first-order valence-electron chi connectivity index (χ1n) is 5.79. The molecule has 4 nitrogen and oxygen atoms in total. The summed E-state index contributed by atoms with van der Waals surface area (Å²) in [5, 5.41) is 8.76. The summed E-state index contributed by atoms with van der Waals surface area (Å²) in [5.41, 5.74) is 0. The molecule has 0 amide bonds. The Kier molecular flexibility index (Phi) is 4.19. The van der Waals surface area contributed by atoms with Crippen molar-refractivity contribution in [3.63, 3.8) is 0 Å². The number of ether oxygens (including phenoxy) is 1. The summed E-state index contributed by atoms with van der Waals surface area (Å²) in [7, 11) is -3.61. The molecule has 19 heavy (non-hydrogen) atoms. The largest absolute Gasteiger partial charge is 0.490 e. The van der Waals surface area contributed by atoms with Crippen molar-refractivity contribution in [1.29, 1.82) is 0 Å². The van der Waals surface area contributed by atoms with E-state index in [2.05, 4.69) is 0 Å². The number of hydrogen-bond acceptors (Lipinski definition) is 4. The fourth-order valence-corrected chi connectivity index (χ4v) is 3.09. The van der Waals surface area contributed by atoms with Crippen molar-refractivity contribution < 1.29 is 18.3 Å². The van der Waals surface area contributed by atoms with Gasteiger partial charge in [-0.15, -0.1) is 0 Å². The number of hydrogen-bond donors (Lipinski definition) is 1. The van der Waals surface area contributed by atoms with Gasteiger partial charge in [-0.1, -0.05) is 30.3 Å². The van der Waals surface area contributed by atoms with Crippen LogP contribution in [0.5, 0.6) is 5.75 Å². The molecule has 2 rings (SSSR count). The van der Waals surface area contributed by atoms with Gasteiger partial charge in [0.05, 0.1) is 11.5 Å². The molecule has 2 aromatic carbocycles.